The first-order valence-corrected chi connectivity index (χ1v) is 5.63. The van der Waals surface area contributed by atoms with Crippen LogP contribution in [0.4, 0.5) is 5.69 Å². The second-order valence-corrected chi connectivity index (χ2v) is 4.11. The third-order valence-corrected chi connectivity index (χ3v) is 2.78. The normalized spacial score (nSPS) is 10.3. The third-order valence-electron chi connectivity index (χ3n) is 2.78. The summed E-state index contributed by atoms with van der Waals surface area (Å²) in [6.07, 6.45) is 0. The van der Waals surface area contributed by atoms with Crippen molar-refractivity contribution in [3.8, 4) is 0 Å². The molecule has 18 heavy (non-hydrogen) atoms. The highest BCUT2D eigenvalue weighted by Crippen LogP contribution is 2.12. The number of hydrogen-bond acceptors (Lipinski definition) is 4. The molecule has 1 heterocycles. The lowest BCUT2D eigenvalue weighted by molar-refractivity contribution is 0.0951. The van der Waals surface area contributed by atoms with E-state index in [9.17, 15) is 4.79 Å². The molecule has 0 atom stereocenters. The van der Waals surface area contributed by atoms with E-state index >= 15 is 0 Å². The SMILES string of the molecule is Cc1noc(C)c1CNC(=O)c1ccc(N)cc1. The monoisotopic (exact) mass is 245 g/mol. The highest BCUT2D eigenvalue weighted by Gasteiger charge is 2.11. The summed E-state index contributed by atoms with van der Waals surface area (Å²) in [5, 5.41) is 6.66. The maximum atomic E-state index is 11.9. The fourth-order valence-electron chi connectivity index (χ4n) is 1.66. The minimum absolute atomic E-state index is 0.144. The number of nitrogens with two attached hydrogens (primary N) is 1. The van der Waals surface area contributed by atoms with E-state index in [0.29, 0.717) is 17.8 Å². The molecule has 3 N–H and O–H groups in total. The number of carbonyl (C=O) groups excluding carboxylic acids is 1. The Hall–Kier alpha value is -2.30. The fraction of sp³-hybridized carbons (Fsp3) is 0.231. The molecule has 0 aliphatic heterocycles. The van der Waals surface area contributed by atoms with Crippen LogP contribution in [0.5, 0.6) is 0 Å². The number of amides is 1. The van der Waals surface area contributed by atoms with Crippen molar-refractivity contribution in [2.24, 2.45) is 0 Å². The minimum atomic E-state index is -0.144. The van der Waals surface area contributed by atoms with E-state index in [4.69, 9.17) is 10.3 Å². The van der Waals surface area contributed by atoms with Gasteiger partial charge in [-0.15, -0.1) is 0 Å². The van der Waals surface area contributed by atoms with Crippen molar-refractivity contribution in [3.05, 3.63) is 46.8 Å². The van der Waals surface area contributed by atoms with Gasteiger partial charge in [-0.05, 0) is 38.1 Å². The Balaban J connectivity index is 2.03. The van der Waals surface area contributed by atoms with Crippen LogP contribution < -0.4 is 11.1 Å². The van der Waals surface area contributed by atoms with E-state index in [2.05, 4.69) is 10.5 Å². The number of nitrogens with one attached hydrogen (secondary N) is 1. The van der Waals surface area contributed by atoms with Crippen LogP contribution in [-0.4, -0.2) is 11.1 Å². The maximum Gasteiger partial charge on any atom is 0.251 e. The average molecular weight is 245 g/mol. The zero-order chi connectivity index (χ0) is 13.1. The van der Waals surface area contributed by atoms with Crippen LogP contribution in [-0.2, 0) is 6.54 Å². The van der Waals surface area contributed by atoms with Crippen LogP contribution in [0, 0.1) is 13.8 Å². The Morgan fingerprint density at radius 3 is 2.56 bits per heavy atom. The molecular formula is C13H15N3O2. The van der Waals surface area contributed by atoms with E-state index in [1.165, 1.54) is 0 Å². The zero-order valence-electron chi connectivity index (χ0n) is 10.4. The summed E-state index contributed by atoms with van der Waals surface area (Å²) in [4.78, 5) is 11.9. The van der Waals surface area contributed by atoms with Crippen molar-refractivity contribution < 1.29 is 9.32 Å². The van der Waals surface area contributed by atoms with Crippen molar-refractivity contribution in [1.82, 2.24) is 10.5 Å². The van der Waals surface area contributed by atoms with Gasteiger partial charge in [0.05, 0.1) is 5.69 Å². The first kappa shape index (κ1) is 12.2. The highest BCUT2D eigenvalue weighted by molar-refractivity contribution is 5.94. The molecule has 0 aliphatic rings. The zero-order valence-corrected chi connectivity index (χ0v) is 10.4. The Kier molecular flexibility index (Phi) is 3.32. The van der Waals surface area contributed by atoms with E-state index < -0.39 is 0 Å². The van der Waals surface area contributed by atoms with Crippen molar-refractivity contribution in [2.75, 3.05) is 5.73 Å². The number of aromatic nitrogens is 1. The second kappa shape index (κ2) is 4.91. The van der Waals surface area contributed by atoms with E-state index in [1.807, 2.05) is 13.8 Å². The molecule has 0 spiro atoms. The van der Waals surface area contributed by atoms with Gasteiger partial charge >= 0.3 is 0 Å². The van der Waals surface area contributed by atoms with Gasteiger partial charge < -0.3 is 15.6 Å². The molecule has 2 aromatic rings. The smallest absolute Gasteiger partial charge is 0.251 e. The molecule has 0 aliphatic carbocycles. The molecule has 0 unspecified atom stereocenters. The molecule has 1 amide bonds. The largest absolute Gasteiger partial charge is 0.399 e. The summed E-state index contributed by atoms with van der Waals surface area (Å²) >= 11 is 0. The van der Waals surface area contributed by atoms with Gasteiger partial charge in [-0.1, -0.05) is 5.16 Å². The molecule has 0 fully saturated rings. The van der Waals surface area contributed by atoms with Crippen LogP contribution in [0.3, 0.4) is 0 Å². The molecule has 5 nitrogen and oxygen atoms in total. The number of nitrogen functional groups attached to an aromatic ring is 1. The summed E-state index contributed by atoms with van der Waals surface area (Å²) in [7, 11) is 0. The average Bonchev–Trinajstić information content (AvgIpc) is 2.67. The topological polar surface area (TPSA) is 81.2 Å². The molecule has 0 saturated heterocycles. The van der Waals surface area contributed by atoms with Crippen LogP contribution >= 0.6 is 0 Å². The molecular weight excluding hydrogens is 230 g/mol. The van der Waals surface area contributed by atoms with E-state index in [-0.39, 0.29) is 5.91 Å². The number of carbonyl (C=O) groups is 1. The molecule has 0 radical (unpaired) electrons. The molecule has 1 aromatic carbocycles. The number of anilines is 1. The summed E-state index contributed by atoms with van der Waals surface area (Å²) in [5.41, 5.74) is 8.49. The number of aryl methyl sites for hydroxylation is 2. The van der Waals surface area contributed by atoms with Gasteiger partial charge in [0.15, 0.2) is 0 Å². The molecule has 2 rings (SSSR count). The number of rotatable bonds is 3. The van der Waals surface area contributed by atoms with Gasteiger partial charge in [0.25, 0.3) is 5.91 Å². The Morgan fingerprint density at radius 2 is 2.00 bits per heavy atom. The standard InChI is InChI=1S/C13H15N3O2/c1-8-12(9(2)18-16-8)7-15-13(17)10-3-5-11(14)6-4-10/h3-6H,7,14H2,1-2H3,(H,15,17). The first-order valence-electron chi connectivity index (χ1n) is 5.63. The fourth-order valence-corrected chi connectivity index (χ4v) is 1.66. The Morgan fingerprint density at radius 1 is 1.33 bits per heavy atom. The summed E-state index contributed by atoms with van der Waals surface area (Å²) < 4.78 is 5.03. The summed E-state index contributed by atoms with van der Waals surface area (Å²) in [5.74, 6) is 0.583. The number of nitrogens with zero attached hydrogens (tertiary/aromatic N) is 1. The van der Waals surface area contributed by atoms with Crippen LogP contribution in [0.15, 0.2) is 28.8 Å². The summed E-state index contributed by atoms with van der Waals surface area (Å²) in [6.45, 7) is 4.08. The van der Waals surface area contributed by atoms with Crippen LogP contribution in [0.1, 0.15) is 27.4 Å². The molecule has 0 bridgehead atoms. The van der Waals surface area contributed by atoms with E-state index in [0.717, 1.165) is 17.0 Å². The maximum absolute atomic E-state index is 11.9. The minimum Gasteiger partial charge on any atom is -0.399 e. The lowest BCUT2D eigenvalue weighted by Crippen LogP contribution is -2.23. The van der Waals surface area contributed by atoms with Crippen molar-refractivity contribution >= 4 is 11.6 Å². The molecule has 94 valence electrons. The lowest BCUT2D eigenvalue weighted by atomic mass is 10.1. The Bertz CT molecular complexity index is 539. The lowest BCUT2D eigenvalue weighted by Gasteiger charge is -2.05. The van der Waals surface area contributed by atoms with Gasteiger partial charge in [0.1, 0.15) is 5.76 Å². The van der Waals surface area contributed by atoms with Gasteiger partial charge in [-0.3, -0.25) is 4.79 Å². The van der Waals surface area contributed by atoms with Gasteiger partial charge in [0, 0.05) is 23.4 Å². The summed E-state index contributed by atoms with van der Waals surface area (Å²) in [6, 6.07) is 6.78. The number of hydrogen-bond donors (Lipinski definition) is 2. The van der Waals surface area contributed by atoms with Gasteiger partial charge in [-0.25, -0.2) is 0 Å². The molecule has 1 aromatic heterocycles. The van der Waals surface area contributed by atoms with Crippen molar-refractivity contribution in [3.63, 3.8) is 0 Å². The Labute approximate surface area is 105 Å². The first-order chi connectivity index (χ1) is 8.58. The van der Waals surface area contributed by atoms with Crippen molar-refractivity contribution in [1.29, 1.82) is 0 Å². The van der Waals surface area contributed by atoms with Gasteiger partial charge in [0.2, 0.25) is 0 Å². The quantitative estimate of drug-likeness (QED) is 0.808. The molecule has 0 saturated carbocycles. The van der Waals surface area contributed by atoms with E-state index in [1.54, 1.807) is 24.3 Å². The van der Waals surface area contributed by atoms with Gasteiger partial charge in [-0.2, -0.15) is 0 Å². The third kappa shape index (κ3) is 2.51. The highest BCUT2D eigenvalue weighted by atomic mass is 16.5. The predicted molar refractivity (Wildman–Crippen MR) is 68.0 cm³/mol. The number of benzene rings is 1. The van der Waals surface area contributed by atoms with Crippen molar-refractivity contribution in [2.45, 2.75) is 20.4 Å². The predicted octanol–water partition coefficient (Wildman–Crippen LogP) is 1.80. The van der Waals surface area contributed by atoms with Crippen LogP contribution in [0.2, 0.25) is 0 Å². The van der Waals surface area contributed by atoms with Crippen LogP contribution in [0.25, 0.3) is 0 Å². The molecule has 5 heteroatoms. The second-order valence-electron chi connectivity index (χ2n) is 4.11.